The number of nitriles is 1. The molecule has 26 heavy (non-hydrogen) atoms. The highest BCUT2D eigenvalue weighted by Crippen LogP contribution is 2.59. The normalized spacial score (nSPS) is 32.1. The van der Waals surface area contributed by atoms with Crippen LogP contribution in [0.2, 0.25) is 0 Å². The Labute approximate surface area is 154 Å². The Morgan fingerprint density at radius 1 is 1.23 bits per heavy atom. The minimum absolute atomic E-state index is 0.194. The van der Waals surface area contributed by atoms with Crippen molar-refractivity contribution in [1.82, 2.24) is 4.90 Å². The minimum Gasteiger partial charge on any atom is -0.493 e. The number of rotatable bonds is 3. The second kappa shape index (κ2) is 5.87. The van der Waals surface area contributed by atoms with E-state index in [0.29, 0.717) is 11.3 Å². The van der Waals surface area contributed by atoms with Crippen LogP contribution in [0, 0.1) is 11.3 Å². The maximum Gasteiger partial charge on any atom is 0.165 e. The Bertz CT molecular complexity index is 854. The number of hydrogen-bond donors (Lipinski definition) is 0. The Morgan fingerprint density at radius 3 is 2.69 bits per heavy atom. The topological polar surface area (TPSA) is 54.7 Å². The van der Waals surface area contributed by atoms with E-state index in [1.54, 1.807) is 21.3 Å². The van der Waals surface area contributed by atoms with Gasteiger partial charge in [0.25, 0.3) is 0 Å². The molecule has 0 N–H and O–H groups in total. The van der Waals surface area contributed by atoms with Crippen LogP contribution in [-0.4, -0.2) is 51.5 Å². The molecule has 0 radical (unpaired) electrons. The van der Waals surface area contributed by atoms with Crippen molar-refractivity contribution >= 4 is 0 Å². The predicted molar refractivity (Wildman–Crippen MR) is 98.5 cm³/mol. The monoisotopic (exact) mass is 352 g/mol. The number of methoxy groups -OCH3 is 3. The van der Waals surface area contributed by atoms with E-state index >= 15 is 0 Å². The fraction of sp³-hybridized carbons (Fsp3) is 0.476. The van der Waals surface area contributed by atoms with Gasteiger partial charge >= 0.3 is 0 Å². The largest absolute Gasteiger partial charge is 0.493 e. The standard InChI is InChI=1S/C21H24N2O3/c1-23-10-9-20-12-14(13-22)7-8-21(20,26-4)17(23)11-15-5-6-16(24-2)19(25-3)18(15)20/h5-8,12,17H,9-11H2,1-4H3/t17-,20+,21+/m0/s1. The minimum atomic E-state index is -0.535. The number of allylic oxidation sites excluding steroid dienone is 2. The number of likely N-dealkylation sites (tertiary alicyclic amines) is 1. The third-order valence-corrected chi connectivity index (χ3v) is 6.45. The molecule has 1 fully saturated rings. The zero-order chi connectivity index (χ0) is 18.5. The molecule has 0 aromatic heterocycles. The zero-order valence-electron chi connectivity index (χ0n) is 15.7. The third-order valence-electron chi connectivity index (χ3n) is 6.45. The van der Waals surface area contributed by atoms with Crippen LogP contribution in [0.15, 0.2) is 35.9 Å². The van der Waals surface area contributed by atoms with Gasteiger partial charge in [-0.15, -0.1) is 0 Å². The SMILES string of the molecule is COc1ccc2c(c1OC)[C@@]13C=C(C#N)C=C[C@@]1(OC)[C@H](C2)N(C)CC3. The molecule has 5 nitrogen and oxygen atoms in total. The molecular formula is C21H24N2O3. The molecule has 1 aromatic rings. The predicted octanol–water partition coefficient (Wildman–Crippen LogP) is 2.61. The number of piperidine rings is 1. The lowest BCUT2D eigenvalue weighted by molar-refractivity contribution is -0.116. The molecule has 3 aliphatic rings. The van der Waals surface area contributed by atoms with Crippen molar-refractivity contribution < 1.29 is 14.2 Å². The first-order valence-electron chi connectivity index (χ1n) is 8.89. The van der Waals surface area contributed by atoms with E-state index in [0.717, 1.165) is 30.7 Å². The molecule has 136 valence electrons. The summed E-state index contributed by atoms with van der Waals surface area (Å²) in [7, 11) is 7.26. The smallest absolute Gasteiger partial charge is 0.165 e. The molecule has 1 heterocycles. The Balaban J connectivity index is 2.10. The van der Waals surface area contributed by atoms with Crippen molar-refractivity contribution in [2.24, 2.45) is 0 Å². The Hall–Kier alpha value is -2.29. The second-order valence-corrected chi connectivity index (χ2v) is 7.30. The fourth-order valence-electron chi connectivity index (χ4n) is 5.29. The summed E-state index contributed by atoms with van der Waals surface area (Å²) in [5.74, 6) is 1.46. The number of likely N-dealkylation sites (N-methyl/N-ethyl adjacent to an activating group) is 1. The highest BCUT2D eigenvalue weighted by molar-refractivity contribution is 5.64. The molecule has 1 aromatic carbocycles. The second-order valence-electron chi connectivity index (χ2n) is 7.30. The molecule has 4 rings (SSSR count). The number of benzene rings is 1. The summed E-state index contributed by atoms with van der Waals surface area (Å²) in [5, 5.41) is 9.58. The maximum atomic E-state index is 9.58. The summed E-state index contributed by atoms with van der Waals surface area (Å²) < 4.78 is 17.7. The van der Waals surface area contributed by atoms with Crippen LogP contribution in [0.1, 0.15) is 17.5 Å². The van der Waals surface area contributed by atoms with Crippen molar-refractivity contribution in [2.75, 3.05) is 34.9 Å². The Morgan fingerprint density at radius 2 is 2.04 bits per heavy atom. The molecule has 2 bridgehead atoms. The van der Waals surface area contributed by atoms with Gasteiger partial charge in [0.05, 0.1) is 25.7 Å². The van der Waals surface area contributed by atoms with Gasteiger partial charge in [-0.25, -0.2) is 0 Å². The van der Waals surface area contributed by atoms with Gasteiger partial charge in [0.1, 0.15) is 5.60 Å². The van der Waals surface area contributed by atoms with Crippen molar-refractivity contribution in [3.8, 4) is 17.6 Å². The van der Waals surface area contributed by atoms with E-state index in [2.05, 4.69) is 36.2 Å². The lowest BCUT2D eigenvalue weighted by Gasteiger charge is -2.61. The lowest BCUT2D eigenvalue weighted by Crippen LogP contribution is -2.70. The van der Waals surface area contributed by atoms with E-state index < -0.39 is 11.0 Å². The number of ether oxygens (including phenoxy) is 3. The van der Waals surface area contributed by atoms with Gasteiger partial charge in [-0.1, -0.05) is 12.1 Å². The maximum absolute atomic E-state index is 9.58. The van der Waals surface area contributed by atoms with Gasteiger partial charge in [0, 0.05) is 24.3 Å². The van der Waals surface area contributed by atoms with Crippen LogP contribution in [0.4, 0.5) is 0 Å². The van der Waals surface area contributed by atoms with E-state index in [1.807, 2.05) is 12.1 Å². The molecule has 1 aliphatic heterocycles. The van der Waals surface area contributed by atoms with Gasteiger partial charge in [-0.2, -0.15) is 5.26 Å². The molecular weight excluding hydrogens is 328 g/mol. The van der Waals surface area contributed by atoms with Crippen LogP contribution >= 0.6 is 0 Å². The number of hydrogen-bond acceptors (Lipinski definition) is 5. The van der Waals surface area contributed by atoms with Gasteiger partial charge in [0.15, 0.2) is 11.5 Å². The zero-order valence-corrected chi connectivity index (χ0v) is 15.7. The summed E-state index contributed by atoms with van der Waals surface area (Å²) in [6.45, 7) is 0.929. The first kappa shape index (κ1) is 17.1. The van der Waals surface area contributed by atoms with Gasteiger partial charge in [-0.3, -0.25) is 4.90 Å². The van der Waals surface area contributed by atoms with E-state index in [4.69, 9.17) is 14.2 Å². The third kappa shape index (κ3) is 1.92. The Kier molecular flexibility index (Phi) is 3.87. The van der Waals surface area contributed by atoms with Crippen LogP contribution in [0.25, 0.3) is 0 Å². The van der Waals surface area contributed by atoms with Crippen LogP contribution in [0.5, 0.6) is 11.5 Å². The van der Waals surface area contributed by atoms with E-state index in [9.17, 15) is 5.26 Å². The highest BCUT2D eigenvalue weighted by Gasteiger charge is 2.63. The number of nitrogens with zero attached hydrogens (tertiary/aromatic N) is 2. The summed E-state index contributed by atoms with van der Waals surface area (Å²) >= 11 is 0. The molecule has 0 saturated carbocycles. The van der Waals surface area contributed by atoms with Crippen LogP contribution < -0.4 is 9.47 Å². The quantitative estimate of drug-likeness (QED) is 0.837. The van der Waals surface area contributed by atoms with Gasteiger partial charge in [0.2, 0.25) is 0 Å². The molecule has 0 unspecified atom stereocenters. The first-order valence-corrected chi connectivity index (χ1v) is 8.89. The molecule has 0 spiro atoms. The molecule has 2 aliphatic carbocycles. The summed E-state index contributed by atoms with van der Waals surface area (Å²) in [6, 6.07) is 6.61. The summed E-state index contributed by atoms with van der Waals surface area (Å²) in [4.78, 5) is 2.37. The summed E-state index contributed by atoms with van der Waals surface area (Å²) in [6.07, 6.45) is 7.79. The van der Waals surface area contributed by atoms with Crippen LogP contribution in [-0.2, 0) is 16.6 Å². The van der Waals surface area contributed by atoms with Crippen molar-refractivity contribution in [3.63, 3.8) is 0 Å². The van der Waals surface area contributed by atoms with Gasteiger partial charge < -0.3 is 14.2 Å². The van der Waals surface area contributed by atoms with Crippen molar-refractivity contribution in [1.29, 1.82) is 5.26 Å². The average Bonchev–Trinajstić information content (AvgIpc) is 2.68. The molecule has 5 heteroatoms. The van der Waals surface area contributed by atoms with Crippen LogP contribution in [0.3, 0.4) is 0 Å². The lowest BCUT2D eigenvalue weighted by atomic mass is 9.52. The highest BCUT2D eigenvalue weighted by atomic mass is 16.5. The molecule has 0 amide bonds. The molecule has 1 saturated heterocycles. The fourth-order valence-corrected chi connectivity index (χ4v) is 5.29. The van der Waals surface area contributed by atoms with E-state index in [1.165, 1.54) is 5.56 Å². The van der Waals surface area contributed by atoms with Crippen molar-refractivity contribution in [2.45, 2.75) is 29.9 Å². The summed E-state index contributed by atoms with van der Waals surface area (Å²) in [5.41, 5.74) is 2.01. The van der Waals surface area contributed by atoms with E-state index in [-0.39, 0.29) is 6.04 Å². The van der Waals surface area contributed by atoms with Gasteiger partial charge in [-0.05, 0) is 50.2 Å². The molecule has 3 atom stereocenters. The van der Waals surface area contributed by atoms with Crippen molar-refractivity contribution in [3.05, 3.63) is 47.1 Å². The first-order chi connectivity index (χ1) is 12.6. The average molecular weight is 352 g/mol. The number of fused-ring (bicyclic) bond motifs is 1.